The Bertz CT molecular complexity index is 829. The highest BCUT2D eigenvalue weighted by Crippen LogP contribution is 2.31. The number of para-hydroxylation sites is 1. The number of nitrogen functional groups attached to an aromatic ring is 1. The van der Waals surface area contributed by atoms with E-state index in [0.717, 1.165) is 11.1 Å². The van der Waals surface area contributed by atoms with Crippen LogP contribution in [0.5, 0.6) is 0 Å². The molecule has 6 heteroatoms. The van der Waals surface area contributed by atoms with E-state index >= 15 is 0 Å². The zero-order valence-electron chi connectivity index (χ0n) is 10.5. The van der Waals surface area contributed by atoms with Gasteiger partial charge in [-0.25, -0.2) is 9.37 Å². The molecule has 0 radical (unpaired) electrons. The maximum Gasteiger partial charge on any atom is 0.205 e. The summed E-state index contributed by atoms with van der Waals surface area (Å²) in [5.74, 6) is -0.0770. The highest BCUT2D eigenvalue weighted by atomic mass is 79.9. The van der Waals surface area contributed by atoms with Gasteiger partial charge in [0.2, 0.25) is 5.95 Å². The molecule has 0 aliphatic rings. The fraction of sp³-hybridized carbons (Fsp3) is 0.0714. The number of aromatic nitrogens is 2. The molecule has 0 unspecified atom stereocenters. The SMILES string of the molecule is Cc1cc(Br)c(F)cc1-n1c(N)nc2c(Cl)cccc21. The van der Waals surface area contributed by atoms with Gasteiger partial charge in [-0.1, -0.05) is 17.7 Å². The van der Waals surface area contributed by atoms with Gasteiger partial charge < -0.3 is 5.73 Å². The van der Waals surface area contributed by atoms with Crippen molar-refractivity contribution in [3.05, 3.63) is 51.2 Å². The van der Waals surface area contributed by atoms with Gasteiger partial charge in [-0.15, -0.1) is 0 Å². The lowest BCUT2D eigenvalue weighted by Crippen LogP contribution is -2.03. The van der Waals surface area contributed by atoms with Crippen LogP contribution < -0.4 is 5.73 Å². The fourth-order valence-corrected chi connectivity index (χ4v) is 2.88. The fourth-order valence-electron chi connectivity index (χ4n) is 2.21. The summed E-state index contributed by atoms with van der Waals surface area (Å²) in [5.41, 5.74) is 8.85. The van der Waals surface area contributed by atoms with Crippen molar-refractivity contribution in [1.82, 2.24) is 9.55 Å². The monoisotopic (exact) mass is 353 g/mol. The molecule has 3 aromatic rings. The van der Waals surface area contributed by atoms with Gasteiger partial charge in [-0.3, -0.25) is 4.57 Å². The Kier molecular flexibility index (Phi) is 3.18. The summed E-state index contributed by atoms with van der Waals surface area (Å²) in [4.78, 5) is 4.26. The van der Waals surface area contributed by atoms with Crippen molar-refractivity contribution < 1.29 is 4.39 Å². The normalized spacial score (nSPS) is 11.2. The molecule has 0 fully saturated rings. The van der Waals surface area contributed by atoms with Crippen LogP contribution in [0.3, 0.4) is 0 Å². The number of hydrogen-bond donors (Lipinski definition) is 1. The van der Waals surface area contributed by atoms with Crippen molar-refractivity contribution in [2.24, 2.45) is 0 Å². The zero-order valence-corrected chi connectivity index (χ0v) is 12.8. The third kappa shape index (κ3) is 1.98. The second kappa shape index (κ2) is 4.75. The van der Waals surface area contributed by atoms with Crippen LogP contribution in [-0.2, 0) is 0 Å². The van der Waals surface area contributed by atoms with E-state index < -0.39 is 0 Å². The minimum atomic E-state index is -0.353. The van der Waals surface area contributed by atoms with E-state index in [1.165, 1.54) is 6.07 Å². The van der Waals surface area contributed by atoms with Gasteiger partial charge in [-0.2, -0.15) is 0 Å². The first-order valence-corrected chi connectivity index (χ1v) is 7.04. The van der Waals surface area contributed by atoms with E-state index in [2.05, 4.69) is 20.9 Å². The Labute approximate surface area is 128 Å². The van der Waals surface area contributed by atoms with Gasteiger partial charge in [-0.05, 0) is 52.7 Å². The van der Waals surface area contributed by atoms with Crippen molar-refractivity contribution in [3.8, 4) is 5.69 Å². The Morgan fingerprint density at radius 1 is 1.35 bits per heavy atom. The van der Waals surface area contributed by atoms with Crippen LogP contribution in [0.1, 0.15) is 5.56 Å². The average Bonchev–Trinajstić information content (AvgIpc) is 2.72. The molecule has 0 amide bonds. The lowest BCUT2D eigenvalue weighted by atomic mass is 10.2. The van der Waals surface area contributed by atoms with Crippen LogP contribution in [0.25, 0.3) is 16.7 Å². The molecule has 1 heterocycles. The van der Waals surface area contributed by atoms with E-state index in [1.807, 2.05) is 19.1 Å². The molecule has 0 saturated carbocycles. The number of halogens is 3. The molecular weight excluding hydrogens is 345 g/mol. The minimum Gasteiger partial charge on any atom is -0.369 e. The van der Waals surface area contributed by atoms with Gasteiger partial charge in [0.25, 0.3) is 0 Å². The second-order valence-electron chi connectivity index (χ2n) is 4.47. The third-order valence-electron chi connectivity index (χ3n) is 3.14. The van der Waals surface area contributed by atoms with Crippen LogP contribution in [0.15, 0.2) is 34.8 Å². The number of rotatable bonds is 1. The van der Waals surface area contributed by atoms with Gasteiger partial charge >= 0.3 is 0 Å². The molecule has 2 aromatic carbocycles. The second-order valence-corrected chi connectivity index (χ2v) is 5.73. The van der Waals surface area contributed by atoms with Crippen LogP contribution in [0.4, 0.5) is 10.3 Å². The largest absolute Gasteiger partial charge is 0.369 e. The number of nitrogens with zero attached hydrogens (tertiary/aromatic N) is 2. The van der Waals surface area contributed by atoms with Crippen LogP contribution in [0, 0.1) is 12.7 Å². The average molecular weight is 355 g/mol. The van der Waals surface area contributed by atoms with Crippen molar-refractivity contribution in [3.63, 3.8) is 0 Å². The summed E-state index contributed by atoms with van der Waals surface area (Å²) in [6.07, 6.45) is 0. The Balaban J connectivity index is 2.38. The van der Waals surface area contributed by atoms with Crippen molar-refractivity contribution in [2.75, 3.05) is 5.73 Å². The van der Waals surface area contributed by atoms with Gasteiger partial charge in [0.05, 0.1) is 20.7 Å². The lowest BCUT2D eigenvalue weighted by Gasteiger charge is -2.11. The Hall–Kier alpha value is -1.59. The molecule has 0 atom stereocenters. The maximum atomic E-state index is 13.8. The summed E-state index contributed by atoms with van der Waals surface area (Å²) < 4.78 is 15.9. The lowest BCUT2D eigenvalue weighted by molar-refractivity contribution is 0.619. The molecule has 0 spiro atoms. The number of anilines is 1. The molecular formula is C14H10BrClFN3. The van der Waals surface area contributed by atoms with Crippen molar-refractivity contribution in [2.45, 2.75) is 6.92 Å². The van der Waals surface area contributed by atoms with Gasteiger partial charge in [0, 0.05) is 0 Å². The Morgan fingerprint density at radius 2 is 2.10 bits per heavy atom. The van der Waals surface area contributed by atoms with Crippen molar-refractivity contribution in [1.29, 1.82) is 0 Å². The molecule has 3 rings (SSSR count). The minimum absolute atomic E-state index is 0.276. The molecule has 0 aliphatic carbocycles. The van der Waals surface area contributed by atoms with Crippen molar-refractivity contribution >= 4 is 44.5 Å². The van der Waals surface area contributed by atoms with Crippen LogP contribution >= 0.6 is 27.5 Å². The summed E-state index contributed by atoms with van der Waals surface area (Å²) in [7, 11) is 0. The first-order valence-electron chi connectivity index (χ1n) is 5.87. The number of aryl methyl sites for hydroxylation is 1. The molecule has 0 aliphatic heterocycles. The number of nitrogens with two attached hydrogens (primary N) is 1. The molecule has 1 aromatic heterocycles. The summed E-state index contributed by atoms with van der Waals surface area (Å²) >= 11 is 9.28. The zero-order chi connectivity index (χ0) is 14.4. The number of benzene rings is 2. The van der Waals surface area contributed by atoms with E-state index in [-0.39, 0.29) is 11.8 Å². The molecule has 20 heavy (non-hydrogen) atoms. The van der Waals surface area contributed by atoms with E-state index in [9.17, 15) is 4.39 Å². The summed E-state index contributed by atoms with van der Waals surface area (Å²) in [6.45, 7) is 1.88. The smallest absolute Gasteiger partial charge is 0.205 e. The number of imidazole rings is 1. The number of fused-ring (bicyclic) bond motifs is 1. The predicted molar refractivity (Wildman–Crippen MR) is 82.9 cm³/mol. The van der Waals surface area contributed by atoms with Crippen LogP contribution in [0.2, 0.25) is 5.02 Å². The maximum absolute atomic E-state index is 13.8. The van der Waals surface area contributed by atoms with Gasteiger partial charge in [0.1, 0.15) is 11.3 Å². The first-order chi connectivity index (χ1) is 9.49. The highest BCUT2D eigenvalue weighted by Gasteiger charge is 2.15. The van der Waals surface area contributed by atoms with Gasteiger partial charge in [0.15, 0.2) is 0 Å². The van der Waals surface area contributed by atoms with E-state index in [4.69, 9.17) is 17.3 Å². The molecule has 0 bridgehead atoms. The molecule has 0 saturated heterocycles. The number of hydrogen-bond acceptors (Lipinski definition) is 2. The third-order valence-corrected chi connectivity index (χ3v) is 4.05. The predicted octanol–water partition coefficient (Wildman–Crippen LogP) is 4.47. The van der Waals surface area contributed by atoms with Crippen LogP contribution in [-0.4, -0.2) is 9.55 Å². The molecule has 3 nitrogen and oxygen atoms in total. The van der Waals surface area contributed by atoms with E-state index in [0.29, 0.717) is 20.7 Å². The molecule has 102 valence electrons. The summed E-state index contributed by atoms with van der Waals surface area (Å²) in [6, 6.07) is 8.55. The summed E-state index contributed by atoms with van der Waals surface area (Å²) in [5, 5.41) is 0.517. The first kappa shape index (κ1) is 13.4. The topological polar surface area (TPSA) is 43.8 Å². The standard InChI is InChI=1S/C14H10BrClFN3/c1-7-5-8(15)10(17)6-12(7)20-11-4-2-3-9(16)13(11)19-14(20)18/h2-6H,1H3,(H2,18,19). The quantitative estimate of drug-likeness (QED) is 0.700. The Morgan fingerprint density at radius 3 is 2.85 bits per heavy atom. The molecule has 2 N–H and O–H groups in total. The highest BCUT2D eigenvalue weighted by molar-refractivity contribution is 9.10. The van der Waals surface area contributed by atoms with E-state index in [1.54, 1.807) is 16.7 Å².